The zero-order valence-corrected chi connectivity index (χ0v) is 13.3. The van der Waals surface area contributed by atoms with Crippen molar-refractivity contribution in [2.45, 2.75) is 83.0 Å². The average Bonchev–Trinajstić information content (AvgIpc) is 3.00. The Hall–Kier alpha value is -0.980. The predicted octanol–water partition coefficient (Wildman–Crippen LogP) is 5.36. The summed E-state index contributed by atoms with van der Waals surface area (Å²) in [6, 6.07) is 4.16. The summed E-state index contributed by atoms with van der Waals surface area (Å²) in [7, 11) is 0. The maximum Gasteiger partial charge on any atom is 0.119 e. The van der Waals surface area contributed by atoms with Crippen molar-refractivity contribution in [3.63, 3.8) is 0 Å². The van der Waals surface area contributed by atoms with E-state index >= 15 is 0 Å². The molecule has 0 heterocycles. The first kappa shape index (κ1) is 14.0. The second-order valence-electron chi connectivity index (χ2n) is 7.67. The Bertz CT molecular complexity index is 503. The summed E-state index contributed by atoms with van der Waals surface area (Å²) < 4.78 is 0. The van der Waals surface area contributed by atoms with Crippen molar-refractivity contribution in [1.29, 1.82) is 0 Å². The number of benzene rings is 1. The highest BCUT2D eigenvalue weighted by atomic mass is 16.3. The Morgan fingerprint density at radius 3 is 1.90 bits per heavy atom. The fourth-order valence-corrected chi connectivity index (χ4v) is 4.94. The summed E-state index contributed by atoms with van der Waals surface area (Å²) >= 11 is 0. The molecular weight excluding hydrogens is 244 g/mol. The minimum absolute atomic E-state index is 0.194. The van der Waals surface area contributed by atoms with Crippen LogP contribution in [0.25, 0.3) is 0 Å². The lowest BCUT2D eigenvalue weighted by Gasteiger charge is -2.33. The number of rotatable bonds is 2. The molecule has 0 saturated heterocycles. The molecule has 1 N–H and O–H groups in total. The summed E-state index contributed by atoms with van der Waals surface area (Å²) in [6.07, 6.45) is 10.4. The van der Waals surface area contributed by atoms with Gasteiger partial charge in [-0.05, 0) is 60.6 Å². The van der Waals surface area contributed by atoms with E-state index in [1.807, 2.05) is 6.07 Å². The van der Waals surface area contributed by atoms with Crippen LogP contribution in [0.1, 0.15) is 81.9 Å². The second-order valence-corrected chi connectivity index (χ2v) is 7.67. The van der Waals surface area contributed by atoms with Crippen molar-refractivity contribution in [3.8, 4) is 5.75 Å². The van der Waals surface area contributed by atoms with Gasteiger partial charge in [-0.2, -0.15) is 0 Å². The second kappa shape index (κ2) is 4.79. The van der Waals surface area contributed by atoms with E-state index in [2.05, 4.69) is 26.8 Å². The molecule has 1 heteroatoms. The van der Waals surface area contributed by atoms with Gasteiger partial charge in [-0.15, -0.1) is 0 Å². The zero-order chi connectivity index (χ0) is 14.4. The minimum Gasteiger partial charge on any atom is -0.508 e. The Labute approximate surface area is 123 Å². The Kier molecular flexibility index (Phi) is 3.35. The molecule has 20 heavy (non-hydrogen) atoms. The summed E-state index contributed by atoms with van der Waals surface area (Å²) in [5.41, 5.74) is 4.65. The molecule has 0 spiro atoms. The summed E-state index contributed by atoms with van der Waals surface area (Å²) in [4.78, 5) is 0. The van der Waals surface area contributed by atoms with Gasteiger partial charge in [0.25, 0.3) is 0 Å². The zero-order valence-electron chi connectivity index (χ0n) is 13.3. The Morgan fingerprint density at radius 2 is 1.35 bits per heavy atom. The summed E-state index contributed by atoms with van der Waals surface area (Å²) in [5.74, 6) is 0.525. The van der Waals surface area contributed by atoms with Crippen LogP contribution in [0, 0.1) is 6.92 Å². The van der Waals surface area contributed by atoms with Crippen LogP contribution in [0.4, 0.5) is 0 Å². The molecule has 0 bridgehead atoms. The Balaban J connectivity index is 2.11. The highest BCUT2D eigenvalue weighted by Gasteiger charge is 2.38. The third-order valence-corrected chi connectivity index (χ3v) is 6.11. The largest absolute Gasteiger partial charge is 0.508 e. The molecule has 0 aromatic heterocycles. The normalized spacial score (nSPS) is 24.1. The van der Waals surface area contributed by atoms with E-state index in [9.17, 15) is 5.11 Å². The van der Waals surface area contributed by atoms with Gasteiger partial charge in [-0.3, -0.25) is 0 Å². The van der Waals surface area contributed by atoms with Crippen LogP contribution in [-0.4, -0.2) is 5.11 Å². The Morgan fingerprint density at radius 1 is 0.850 bits per heavy atom. The lowest BCUT2D eigenvalue weighted by Crippen LogP contribution is -2.24. The van der Waals surface area contributed by atoms with Crippen LogP contribution in [-0.2, 0) is 10.8 Å². The van der Waals surface area contributed by atoms with E-state index < -0.39 is 0 Å². The summed E-state index contributed by atoms with van der Waals surface area (Å²) in [5, 5.41) is 10.5. The first-order chi connectivity index (χ1) is 9.46. The average molecular weight is 272 g/mol. The lowest BCUT2D eigenvalue weighted by atomic mass is 9.72. The van der Waals surface area contributed by atoms with Gasteiger partial charge in [0.2, 0.25) is 0 Å². The predicted molar refractivity (Wildman–Crippen MR) is 84.5 cm³/mol. The minimum atomic E-state index is 0.194. The number of hydrogen-bond acceptors (Lipinski definition) is 1. The van der Waals surface area contributed by atoms with Gasteiger partial charge in [0.15, 0.2) is 0 Å². The van der Waals surface area contributed by atoms with Crippen molar-refractivity contribution in [2.24, 2.45) is 0 Å². The smallest absolute Gasteiger partial charge is 0.119 e. The van der Waals surface area contributed by atoms with E-state index in [0.29, 0.717) is 11.2 Å². The van der Waals surface area contributed by atoms with Crippen LogP contribution in [0.15, 0.2) is 12.1 Å². The molecule has 2 fully saturated rings. The molecule has 0 atom stereocenters. The van der Waals surface area contributed by atoms with Crippen molar-refractivity contribution in [2.75, 3.05) is 0 Å². The summed E-state index contributed by atoms with van der Waals surface area (Å²) in [6.45, 7) is 7.01. The van der Waals surface area contributed by atoms with Gasteiger partial charge in [-0.1, -0.05) is 45.6 Å². The van der Waals surface area contributed by atoms with Crippen molar-refractivity contribution >= 4 is 0 Å². The monoisotopic (exact) mass is 272 g/mol. The van der Waals surface area contributed by atoms with Gasteiger partial charge >= 0.3 is 0 Å². The molecule has 1 aromatic rings. The fourth-order valence-electron chi connectivity index (χ4n) is 4.94. The molecule has 3 rings (SSSR count). The van der Waals surface area contributed by atoms with Crippen LogP contribution < -0.4 is 0 Å². The number of phenolic OH excluding ortho intramolecular Hbond substituents is 1. The highest BCUT2D eigenvalue weighted by molar-refractivity contribution is 5.51. The lowest BCUT2D eigenvalue weighted by molar-refractivity contribution is 0.415. The van der Waals surface area contributed by atoms with Crippen LogP contribution in [0.5, 0.6) is 5.75 Å². The van der Waals surface area contributed by atoms with Gasteiger partial charge in [0.1, 0.15) is 5.75 Å². The third-order valence-electron chi connectivity index (χ3n) is 6.11. The van der Waals surface area contributed by atoms with Crippen LogP contribution in [0.2, 0.25) is 0 Å². The maximum atomic E-state index is 10.5. The van der Waals surface area contributed by atoms with E-state index in [0.717, 1.165) is 0 Å². The molecule has 0 radical (unpaired) electrons. The van der Waals surface area contributed by atoms with Gasteiger partial charge in [0, 0.05) is 5.56 Å². The van der Waals surface area contributed by atoms with Crippen molar-refractivity contribution < 1.29 is 5.11 Å². The van der Waals surface area contributed by atoms with E-state index in [1.54, 1.807) is 0 Å². The number of phenols is 1. The molecule has 1 aromatic carbocycles. The molecule has 1 nitrogen and oxygen atoms in total. The van der Waals surface area contributed by atoms with E-state index in [4.69, 9.17) is 0 Å². The quantitative estimate of drug-likeness (QED) is 0.768. The molecule has 110 valence electrons. The SMILES string of the molecule is Cc1c(C2(C)CCCC2)ccc(O)c1C1(C)CCCC1. The fraction of sp³-hybridized carbons (Fsp3) is 0.684. The topological polar surface area (TPSA) is 20.2 Å². The van der Waals surface area contributed by atoms with Crippen molar-refractivity contribution in [3.05, 3.63) is 28.8 Å². The van der Waals surface area contributed by atoms with Crippen molar-refractivity contribution in [1.82, 2.24) is 0 Å². The van der Waals surface area contributed by atoms with Gasteiger partial charge in [0.05, 0.1) is 0 Å². The molecular formula is C19H28O. The van der Waals surface area contributed by atoms with Crippen LogP contribution >= 0.6 is 0 Å². The third kappa shape index (κ3) is 2.06. The molecule has 0 unspecified atom stereocenters. The first-order valence-electron chi connectivity index (χ1n) is 8.30. The molecule has 2 aliphatic carbocycles. The first-order valence-corrected chi connectivity index (χ1v) is 8.30. The highest BCUT2D eigenvalue weighted by Crippen LogP contribution is 2.49. The molecule has 0 amide bonds. The van der Waals surface area contributed by atoms with Crippen LogP contribution in [0.3, 0.4) is 0 Å². The number of aromatic hydroxyl groups is 1. The van der Waals surface area contributed by atoms with E-state index in [1.165, 1.54) is 68.1 Å². The molecule has 0 aliphatic heterocycles. The van der Waals surface area contributed by atoms with E-state index in [-0.39, 0.29) is 5.41 Å². The number of hydrogen-bond donors (Lipinski definition) is 1. The maximum absolute atomic E-state index is 10.5. The van der Waals surface area contributed by atoms with Gasteiger partial charge < -0.3 is 5.11 Å². The standard InChI is InChI=1S/C19H28O/c1-14-15(18(2)10-4-5-11-18)8-9-16(20)17(14)19(3)12-6-7-13-19/h8-9,20H,4-7,10-13H2,1-3H3. The van der Waals surface area contributed by atoms with Gasteiger partial charge in [-0.25, -0.2) is 0 Å². The molecule has 2 aliphatic rings. The molecule has 2 saturated carbocycles.